The van der Waals surface area contributed by atoms with Gasteiger partial charge in [0.1, 0.15) is 0 Å². The average Bonchev–Trinajstić information content (AvgIpc) is 3.14. The molecule has 0 aliphatic carbocycles. The van der Waals surface area contributed by atoms with Gasteiger partial charge in [0.05, 0.1) is 30.5 Å². The number of thiazole rings is 1. The number of hydrogen-bond donors (Lipinski definition) is 2. The van der Waals surface area contributed by atoms with Crippen LogP contribution >= 0.6 is 35.3 Å². The number of likely N-dealkylation sites (tertiary alicyclic amines) is 1. The van der Waals surface area contributed by atoms with E-state index >= 15 is 0 Å². The van der Waals surface area contributed by atoms with E-state index in [0.29, 0.717) is 25.7 Å². The summed E-state index contributed by atoms with van der Waals surface area (Å²) < 4.78 is 11.1. The van der Waals surface area contributed by atoms with Gasteiger partial charge in [-0.25, -0.2) is 4.98 Å². The number of halogens is 1. The van der Waals surface area contributed by atoms with Crippen LogP contribution in [-0.2, 0) is 16.0 Å². The van der Waals surface area contributed by atoms with Crippen LogP contribution in [0.2, 0.25) is 0 Å². The molecule has 0 amide bonds. The Morgan fingerprint density at radius 1 is 1.20 bits per heavy atom. The first-order valence-electron chi connectivity index (χ1n) is 10.9. The predicted molar refractivity (Wildman–Crippen MR) is 136 cm³/mol. The maximum absolute atomic E-state index is 5.59. The van der Waals surface area contributed by atoms with Crippen LogP contribution in [-0.4, -0.2) is 75.5 Å². The Morgan fingerprint density at radius 3 is 2.57 bits per heavy atom. The summed E-state index contributed by atoms with van der Waals surface area (Å²) >= 11 is 1.74. The van der Waals surface area contributed by atoms with Crippen molar-refractivity contribution in [1.29, 1.82) is 0 Å². The zero-order valence-electron chi connectivity index (χ0n) is 18.8. The van der Waals surface area contributed by atoms with E-state index in [1.54, 1.807) is 11.3 Å². The molecule has 0 saturated carbocycles. The molecule has 9 heteroatoms. The summed E-state index contributed by atoms with van der Waals surface area (Å²) in [5, 5.41) is 10.1. The van der Waals surface area contributed by atoms with Gasteiger partial charge in [0.15, 0.2) is 5.96 Å². The van der Waals surface area contributed by atoms with E-state index in [1.165, 1.54) is 25.0 Å². The summed E-state index contributed by atoms with van der Waals surface area (Å²) in [6.07, 6.45) is 4.72. The van der Waals surface area contributed by atoms with Gasteiger partial charge in [-0.05, 0) is 45.2 Å². The highest BCUT2D eigenvalue weighted by atomic mass is 127. The lowest BCUT2D eigenvalue weighted by Gasteiger charge is -2.31. The lowest BCUT2D eigenvalue weighted by molar-refractivity contribution is 0.0487. The summed E-state index contributed by atoms with van der Waals surface area (Å²) in [6.45, 7) is 12.0. The first kappa shape index (κ1) is 27.5. The minimum Gasteiger partial charge on any atom is -0.379 e. The first-order chi connectivity index (χ1) is 14.2. The predicted octanol–water partition coefficient (Wildman–Crippen LogP) is 3.28. The molecular weight excluding hydrogens is 513 g/mol. The number of piperidine rings is 1. The van der Waals surface area contributed by atoms with E-state index in [9.17, 15) is 0 Å². The van der Waals surface area contributed by atoms with Gasteiger partial charge in [-0.2, -0.15) is 0 Å². The molecule has 1 aromatic rings. The van der Waals surface area contributed by atoms with Gasteiger partial charge in [0.25, 0.3) is 0 Å². The number of unbranched alkanes of at least 4 members (excludes halogenated alkanes) is 1. The number of ether oxygens (including phenoxy) is 2. The summed E-state index contributed by atoms with van der Waals surface area (Å²) in [5.74, 6) is 1.55. The van der Waals surface area contributed by atoms with Crippen LogP contribution in [0.15, 0.2) is 10.4 Å². The van der Waals surface area contributed by atoms with Crippen LogP contribution in [0.4, 0.5) is 0 Å². The number of nitrogens with one attached hydrogen (secondary N) is 2. The van der Waals surface area contributed by atoms with E-state index in [1.807, 2.05) is 7.05 Å². The van der Waals surface area contributed by atoms with Crippen LogP contribution in [0.5, 0.6) is 0 Å². The maximum atomic E-state index is 5.59. The molecule has 1 aromatic heterocycles. The Balaban J connectivity index is 0.00000450. The first-order valence-corrected chi connectivity index (χ1v) is 11.8. The Hall–Kier alpha value is -0.490. The summed E-state index contributed by atoms with van der Waals surface area (Å²) in [4.78, 5) is 11.4. The van der Waals surface area contributed by atoms with Crippen molar-refractivity contribution in [3.63, 3.8) is 0 Å². The second kappa shape index (κ2) is 17.1. The fraction of sp³-hybridized carbons (Fsp3) is 0.810. The SMILES string of the molecule is CCCCOCCOCCNC(=NC)NCC1CCN(Cc2csc(C)n2)CC1.I. The van der Waals surface area contributed by atoms with Gasteiger partial charge in [0, 0.05) is 38.7 Å². The molecule has 2 rings (SSSR count). The van der Waals surface area contributed by atoms with Gasteiger partial charge < -0.3 is 20.1 Å². The molecule has 2 N–H and O–H groups in total. The van der Waals surface area contributed by atoms with Crippen molar-refractivity contribution < 1.29 is 9.47 Å². The molecule has 174 valence electrons. The minimum atomic E-state index is 0. The van der Waals surface area contributed by atoms with Crippen LogP contribution in [0, 0.1) is 12.8 Å². The fourth-order valence-corrected chi connectivity index (χ4v) is 3.93. The second-order valence-electron chi connectivity index (χ2n) is 7.54. The van der Waals surface area contributed by atoms with Crippen molar-refractivity contribution in [2.24, 2.45) is 10.9 Å². The highest BCUT2D eigenvalue weighted by molar-refractivity contribution is 14.0. The second-order valence-corrected chi connectivity index (χ2v) is 8.60. The van der Waals surface area contributed by atoms with Gasteiger partial charge in [-0.3, -0.25) is 9.89 Å². The monoisotopic (exact) mass is 553 g/mol. The number of aliphatic imine (C=N–C) groups is 1. The highest BCUT2D eigenvalue weighted by Crippen LogP contribution is 2.19. The molecule has 1 aliphatic rings. The number of nitrogens with zero attached hydrogens (tertiary/aromatic N) is 3. The lowest BCUT2D eigenvalue weighted by atomic mass is 9.97. The van der Waals surface area contributed by atoms with Gasteiger partial charge in [-0.1, -0.05) is 13.3 Å². The summed E-state index contributed by atoms with van der Waals surface area (Å²) in [6, 6.07) is 0. The van der Waals surface area contributed by atoms with Crippen molar-refractivity contribution in [2.75, 3.05) is 59.7 Å². The normalized spacial score (nSPS) is 15.8. The summed E-state index contributed by atoms with van der Waals surface area (Å²) in [7, 11) is 1.82. The molecule has 0 unspecified atom stereocenters. The van der Waals surface area contributed by atoms with Crippen molar-refractivity contribution >= 4 is 41.3 Å². The largest absolute Gasteiger partial charge is 0.379 e. The van der Waals surface area contributed by atoms with Crippen LogP contribution in [0.3, 0.4) is 0 Å². The van der Waals surface area contributed by atoms with Crippen molar-refractivity contribution in [2.45, 2.75) is 46.1 Å². The van der Waals surface area contributed by atoms with Crippen LogP contribution < -0.4 is 10.6 Å². The lowest BCUT2D eigenvalue weighted by Crippen LogP contribution is -2.43. The molecule has 1 saturated heterocycles. The highest BCUT2D eigenvalue weighted by Gasteiger charge is 2.20. The van der Waals surface area contributed by atoms with E-state index in [-0.39, 0.29) is 24.0 Å². The van der Waals surface area contributed by atoms with Crippen LogP contribution in [0.1, 0.15) is 43.3 Å². The third kappa shape index (κ3) is 11.8. The molecule has 1 fully saturated rings. The molecule has 0 aromatic carbocycles. The Kier molecular flexibility index (Phi) is 15.7. The zero-order valence-corrected chi connectivity index (χ0v) is 22.0. The Labute approximate surface area is 203 Å². The number of aryl methyl sites for hydroxylation is 1. The maximum Gasteiger partial charge on any atom is 0.191 e. The van der Waals surface area contributed by atoms with E-state index in [2.05, 4.69) is 44.7 Å². The van der Waals surface area contributed by atoms with Gasteiger partial charge in [-0.15, -0.1) is 35.3 Å². The Morgan fingerprint density at radius 2 is 1.93 bits per heavy atom. The Bertz CT molecular complexity index is 579. The topological polar surface area (TPSA) is 71.0 Å². The van der Waals surface area contributed by atoms with Gasteiger partial charge in [0.2, 0.25) is 0 Å². The molecule has 30 heavy (non-hydrogen) atoms. The number of rotatable bonds is 13. The van der Waals surface area contributed by atoms with E-state index in [0.717, 1.165) is 56.7 Å². The molecule has 2 heterocycles. The number of guanidine groups is 1. The molecule has 0 spiro atoms. The van der Waals surface area contributed by atoms with Crippen molar-refractivity contribution in [1.82, 2.24) is 20.5 Å². The molecule has 0 bridgehead atoms. The minimum absolute atomic E-state index is 0. The number of aromatic nitrogens is 1. The molecule has 7 nitrogen and oxygen atoms in total. The molecule has 0 atom stereocenters. The van der Waals surface area contributed by atoms with Gasteiger partial charge >= 0.3 is 0 Å². The van der Waals surface area contributed by atoms with Crippen molar-refractivity contribution in [3.05, 3.63) is 16.1 Å². The van der Waals surface area contributed by atoms with Crippen molar-refractivity contribution in [3.8, 4) is 0 Å². The van der Waals surface area contributed by atoms with Crippen LogP contribution in [0.25, 0.3) is 0 Å². The smallest absolute Gasteiger partial charge is 0.191 e. The fourth-order valence-electron chi connectivity index (χ4n) is 3.33. The standard InChI is InChI=1S/C21H39N5O2S.HI/c1-4-5-11-27-13-14-28-12-8-23-21(22-3)24-15-19-6-9-26(10-7-19)16-20-17-29-18(2)25-20;/h17,19H,4-16H2,1-3H3,(H2,22,23,24);1H. The molecule has 1 aliphatic heterocycles. The molecule has 0 radical (unpaired) electrons. The average molecular weight is 554 g/mol. The quantitative estimate of drug-likeness (QED) is 0.169. The van der Waals surface area contributed by atoms with E-state index < -0.39 is 0 Å². The number of hydrogen-bond acceptors (Lipinski definition) is 6. The summed E-state index contributed by atoms with van der Waals surface area (Å²) in [5.41, 5.74) is 1.21. The third-order valence-electron chi connectivity index (χ3n) is 5.09. The van der Waals surface area contributed by atoms with E-state index in [4.69, 9.17) is 9.47 Å². The third-order valence-corrected chi connectivity index (χ3v) is 5.92. The molecular formula is C21H40IN5O2S. The zero-order chi connectivity index (χ0) is 20.7.